The molecule has 0 saturated heterocycles. The van der Waals surface area contributed by atoms with Gasteiger partial charge >= 0.3 is 0 Å². The maximum absolute atomic E-state index is 5.52. The van der Waals surface area contributed by atoms with E-state index >= 15 is 0 Å². The van der Waals surface area contributed by atoms with E-state index in [0.29, 0.717) is 12.1 Å². The first-order valence-electron chi connectivity index (χ1n) is 9.71. The van der Waals surface area contributed by atoms with Gasteiger partial charge in [-0.1, -0.05) is 38.5 Å². The minimum atomic E-state index is 0.577. The Balaban J connectivity index is 1.52. The molecule has 2 aliphatic rings. The topological polar surface area (TPSA) is 39.3 Å². The summed E-state index contributed by atoms with van der Waals surface area (Å²) >= 11 is 10.9. The lowest BCUT2D eigenvalue weighted by molar-refractivity contribution is 0.391. The number of nitrogens with zero attached hydrogens (tertiary/aromatic N) is 1. The molecule has 0 heterocycles. The molecule has 0 aromatic rings. The van der Waals surface area contributed by atoms with Crippen LogP contribution in [0.1, 0.15) is 70.6 Å². The Bertz CT molecular complexity index is 390. The van der Waals surface area contributed by atoms with Crippen LogP contribution in [0.3, 0.4) is 0 Å². The van der Waals surface area contributed by atoms with E-state index in [1.54, 1.807) is 0 Å². The molecule has 138 valence electrons. The number of hydrogen-bond donors (Lipinski definition) is 3. The molecule has 3 N–H and O–H groups in total. The average Bonchev–Trinajstić information content (AvgIpc) is 2.60. The number of rotatable bonds is 6. The molecule has 0 aromatic carbocycles. The van der Waals surface area contributed by atoms with Crippen LogP contribution in [0.15, 0.2) is 0 Å². The van der Waals surface area contributed by atoms with Gasteiger partial charge in [-0.05, 0) is 56.5 Å². The lowest BCUT2D eigenvalue weighted by Crippen LogP contribution is -2.45. The third-order valence-corrected chi connectivity index (χ3v) is 5.87. The second-order valence-corrected chi connectivity index (χ2v) is 8.09. The fraction of sp³-hybridized carbons (Fsp3) is 0.889. The van der Waals surface area contributed by atoms with E-state index < -0.39 is 0 Å². The van der Waals surface area contributed by atoms with Gasteiger partial charge in [0, 0.05) is 32.2 Å². The fourth-order valence-corrected chi connectivity index (χ4v) is 4.16. The maximum Gasteiger partial charge on any atom is 0.168 e. The molecule has 0 radical (unpaired) electrons. The SMILES string of the molecule is CN(CCCNC(=S)NC1CCCCC1)C(=S)NC1CCCCC1. The molecule has 6 heteroatoms. The molecule has 24 heavy (non-hydrogen) atoms. The molecule has 0 unspecified atom stereocenters. The van der Waals surface area contributed by atoms with Gasteiger partial charge in [-0.15, -0.1) is 0 Å². The van der Waals surface area contributed by atoms with Crippen LogP contribution in [-0.4, -0.2) is 47.3 Å². The van der Waals surface area contributed by atoms with Gasteiger partial charge in [-0.25, -0.2) is 0 Å². The maximum atomic E-state index is 5.52. The van der Waals surface area contributed by atoms with Crippen molar-refractivity contribution in [2.24, 2.45) is 0 Å². The number of nitrogens with one attached hydrogen (secondary N) is 3. The van der Waals surface area contributed by atoms with Crippen LogP contribution in [0, 0.1) is 0 Å². The van der Waals surface area contributed by atoms with Crippen molar-refractivity contribution >= 4 is 34.7 Å². The summed E-state index contributed by atoms with van der Waals surface area (Å²) in [4.78, 5) is 2.16. The highest BCUT2D eigenvalue weighted by Crippen LogP contribution is 2.18. The molecule has 2 aliphatic carbocycles. The molecular weight excluding hydrogens is 336 g/mol. The van der Waals surface area contributed by atoms with E-state index in [1.165, 1.54) is 64.2 Å². The van der Waals surface area contributed by atoms with Gasteiger partial charge in [-0.2, -0.15) is 0 Å². The van der Waals surface area contributed by atoms with Crippen LogP contribution in [0.2, 0.25) is 0 Å². The molecule has 2 rings (SSSR count). The molecule has 0 atom stereocenters. The van der Waals surface area contributed by atoms with Gasteiger partial charge in [-0.3, -0.25) is 0 Å². The van der Waals surface area contributed by atoms with Gasteiger partial charge in [0.15, 0.2) is 10.2 Å². The zero-order valence-corrected chi connectivity index (χ0v) is 16.7. The second kappa shape index (κ2) is 11.1. The first-order chi connectivity index (χ1) is 11.6. The minimum Gasteiger partial charge on any atom is -0.363 e. The van der Waals surface area contributed by atoms with Crippen LogP contribution in [0.4, 0.5) is 0 Å². The van der Waals surface area contributed by atoms with E-state index in [9.17, 15) is 0 Å². The molecule has 0 spiro atoms. The molecule has 0 amide bonds. The van der Waals surface area contributed by atoms with Crippen molar-refractivity contribution in [3.63, 3.8) is 0 Å². The summed E-state index contributed by atoms with van der Waals surface area (Å²) in [6, 6.07) is 1.16. The van der Waals surface area contributed by atoms with Crippen LogP contribution in [0.5, 0.6) is 0 Å². The van der Waals surface area contributed by atoms with Gasteiger partial charge in [0.1, 0.15) is 0 Å². The van der Waals surface area contributed by atoms with Crippen molar-refractivity contribution in [3.05, 3.63) is 0 Å². The van der Waals surface area contributed by atoms with Crippen LogP contribution in [0.25, 0.3) is 0 Å². The molecular formula is C18H34N4S2. The van der Waals surface area contributed by atoms with Crippen LogP contribution < -0.4 is 16.0 Å². The number of thiocarbonyl (C=S) groups is 2. The highest BCUT2D eigenvalue weighted by Gasteiger charge is 2.16. The van der Waals surface area contributed by atoms with Crippen molar-refractivity contribution in [3.8, 4) is 0 Å². The van der Waals surface area contributed by atoms with E-state index in [4.69, 9.17) is 24.4 Å². The zero-order chi connectivity index (χ0) is 17.2. The Kier molecular flexibility index (Phi) is 9.10. The summed E-state index contributed by atoms with van der Waals surface area (Å²) in [5.74, 6) is 0. The normalized spacial score (nSPS) is 19.5. The summed E-state index contributed by atoms with van der Waals surface area (Å²) in [5.41, 5.74) is 0. The van der Waals surface area contributed by atoms with Gasteiger partial charge in [0.2, 0.25) is 0 Å². The Labute approximate surface area is 158 Å². The van der Waals surface area contributed by atoms with Gasteiger partial charge in [0.05, 0.1) is 0 Å². The Morgan fingerprint density at radius 3 is 2.00 bits per heavy atom. The Morgan fingerprint density at radius 2 is 1.42 bits per heavy atom. The number of hydrogen-bond acceptors (Lipinski definition) is 2. The minimum absolute atomic E-state index is 0.577. The highest BCUT2D eigenvalue weighted by atomic mass is 32.1. The molecule has 0 aromatic heterocycles. The smallest absolute Gasteiger partial charge is 0.168 e. The Hall–Kier alpha value is -0.620. The van der Waals surface area contributed by atoms with E-state index in [1.807, 2.05) is 0 Å². The molecule has 4 nitrogen and oxygen atoms in total. The summed E-state index contributed by atoms with van der Waals surface area (Å²) in [6.45, 7) is 1.85. The monoisotopic (exact) mass is 370 g/mol. The van der Waals surface area contributed by atoms with Crippen molar-refractivity contribution < 1.29 is 0 Å². The average molecular weight is 371 g/mol. The van der Waals surface area contributed by atoms with Gasteiger partial charge < -0.3 is 20.9 Å². The molecule has 0 aliphatic heterocycles. The standard InChI is InChI=1S/C18H34N4S2/c1-22(18(24)21-16-11-6-3-7-12-16)14-8-13-19-17(23)20-15-9-4-2-5-10-15/h15-16H,2-14H2,1H3,(H,21,24)(H2,19,20,23). The van der Waals surface area contributed by atoms with Crippen molar-refractivity contribution in [1.29, 1.82) is 0 Å². The summed E-state index contributed by atoms with van der Waals surface area (Å²) in [6.07, 6.45) is 14.1. The predicted octanol–water partition coefficient (Wildman–Crippen LogP) is 3.31. The lowest BCUT2D eigenvalue weighted by Gasteiger charge is -2.28. The van der Waals surface area contributed by atoms with Crippen molar-refractivity contribution in [1.82, 2.24) is 20.9 Å². The predicted molar refractivity (Wildman–Crippen MR) is 110 cm³/mol. The summed E-state index contributed by atoms with van der Waals surface area (Å²) < 4.78 is 0. The van der Waals surface area contributed by atoms with Crippen molar-refractivity contribution in [2.75, 3.05) is 20.1 Å². The summed E-state index contributed by atoms with van der Waals surface area (Å²) in [7, 11) is 2.08. The zero-order valence-electron chi connectivity index (χ0n) is 15.1. The van der Waals surface area contributed by atoms with E-state index in [-0.39, 0.29) is 0 Å². The van der Waals surface area contributed by atoms with E-state index in [0.717, 1.165) is 29.7 Å². The lowest BCUT2D eigenvalue weighted by atomic mass is 9.96. The second-order valence-electron chi connectivity index (χ2n) is 7.29. The van der Waals surface area contributed by atoms with E-state index in [2.05, 4.69) is 27.9 Å². The quantitative estimate of drug-likeness (QED) is 0.492. The third kappa shape index (κ3) is 7.51. The first kappa shape index (κ1) is 19.7. The van der Waals surface area contributed by atoms with Crippen molar-refractivity contribution in [2.45, 2.75) is 82.7 Å². The van der Waals surface area contributed by atoms with Gasteiger partial charge in [0.25, 0.3) is 0 Å². The largest absolute Gasteiger partial charge is 0.363 e. The Morgan fingerprint density at radius 1 is 0.875 bits per heavy atom. The molecule has 2 fully saturated rings. The van der Waals surface area contributed by atoms with Crippen LogP contribution >= 0.6 is 24.4 Å². The molecule has 0 bridgehead atoms. The first-order valence-corrected chi connectivity index (χ1v) is 10.5. The third-order valence-electron chi connectivity index (χ3n) is 5.18. The summed E-state index contributed by atoms with van der Waals surface area (Å²) in [5, 5.41) is 12.0. The van der Waals surface area contributed by atoms with Crippen LogP contribution in [-0.2, 0) is 0 Å². The highest BCUT2D eigenvalue weighted by molar-refractivity contribution is 7.80. The fourth-order valence-electron chi connectivity index (χ4n) is 3.63. The molecule has 2 saturated carbocycles.